The van der Waals surface area contributed by atoms with Crippen molar-refractivity contribution in [3.05, 3.63) is 101 Å². The summed E-state index contributed by atoms with van der Waals surface area (Å²) in [6.45, 7) is 7.42. The molecule has 0 aromatic heterocycles. The molecule has 0 bridgehead atoms. The van der Waals surface area contributed by atoms with Crippen molar-refractivity contribution in [1.29, 1.82) is 10.5 Å². The predicted molar refractivity (Wildman–Crippen MR) is 155 cm³/mol. The minimum atomic E-state index is 0.315. The molecule has 0 N–H and O–H groups in total. The quantitative estimate of drug-likeness (QED) is 0.116. The molecule has 0 aliphatic rings. The Hall–Kier alpha value is -3.27. The summed E-state index contributed by atoms with van der Waals surface area (Å²) in [4.78, 5) is 3.54. The van der Waals surface area contributed by atoms with Gasteiger partial charge in [0.05, 0.1) is 52.0 Å². The van der Waals surface area contributed by atoms with Crippen molar-refractivity contribution >= 4 is 48.5 Å². The fourth-order valence-electron chi connectivity index (χ4n) is 2.86. The van der Waals surface area contributed by atoms with E-state index in [1.165, 1.54) is 0 Å². The number of hydrogen-bond donors (Lipinski definition) is 0. The van der Waals surface area contributed by atoms with Gasteiger partial charge in [0.25, 0.3) is 0 Å². The minimum absolute atomic E-state index is 0.315. The number of hydrogen-bond acceptors (Lipinski definition) is 5. The van der Waals surface area contributed by atoms with Gasteiger partial charge in [-0.3, -0.25) is 0 Å². The van der Waals surface area contributed by atoms with Crippen molar-refractivity contribution < 1.29 is 14.2 Å². The standard InChI is InChI=1S/C18H14N2O2.C9H9NO.I2/c1-20-18(14-6-10-16(22-3)11-7-14)17(12-19)13-4-8-15(21-2)9-5-13;1-11-9-4-2-8(3-5-9)6-7-10;1-2/h4-11H,2-3H3;2-5H,6H2,1H3;/b18-17-;;. The first-order valence-corrected chi connectivity index (χ1v) is 16.3. The van der Waals surface area contributed by atoms with Gasteiger partial charge in [0, 0.05) is 37.2 Å². The van der Waals surface area contributed by atoms with Gasteiger partial charge in [0.1, 0.15) is 17.2 Å². The minimum Gasteiger partial charge on any atom is -0.497 e. The second kappa shape index (κ2) is 17.2. The van der Waals surface area contributed by atoms with E-state index in [1.807, 2.05) is 24.3 Å². The normalized spacial score (nSPS) is 9.77. The number of nitriles is 2. The third-order valence-corrected chi connectivity index (χ3v) is 4.64. The molecule has 178 valence electrons. The van der Waals surface area contributed by atoms with Crippen LogP contribution in [0.2, 0.25) is 0 Å². The molecule has 0 heterocycles. The Kier molecular flexibility index (Phi) is 14.6. The van der Waals surface area contributed by atoms with Crippen LogP contribution in [0, 0.1) is 29.2 Å². The van der Waals surface area contributed by atoms with Gasteiger partial charge in [0.15, 0.2) is 0 Å². The van der Waals surface area contributed by atoms with Gasteiger partial charge in [0.2, 0.25) is 5.70 Å². The van der Waals surface area contributed by atoms with Crippen molar-refractivity contribution in [3.8, 4) is 29.4 Å². The molecule has 0 amide bonds. The average Bonchev–Trinajstić information content (AvgIpc) is 2.94. The lowest BCUT2D eigenvalue weighted by Gasteiger charge is -2.06. The first-order chi connectivity index (χ1) is 17.1. The fraction of sp³-hybridized carbons (Fsp3) is 0.148. The topological polar surface area (TPSA) is 79.6 Å². The molecule has 3 aromatic rings. The number of halogens is 2. The Morgan fingerprint density at radius 3 is 1.49 bits per heavy atom. The summed E-state index contributed by atoms with van der Waals surface area (Å²) in [7, 11) is 4.79. The van der Waals surface area contributed by atoms with Gasteiger partial charge in [-0.15, -0.1) is 0 Å². The molecule has 0 atom stereocenters. The lowest BCUT2D eigenvalue weighted by Crippen LogP contribution is -1.90. The third-order valence-electron chi connectivity index (χ3n) is 4.64. The Balaban J connectivity index is 0.000000395. The Morgan fingerprint density at radius 1 is 0.743 bits per heavy atom. The van der Waals surface area contributed by atoms with Crippen molar-refractivity contribution in [1.82, 2.24) is 0 Å². The van der Waals surface area contributed by atoms with E-state index in [-0.39, 0.29) is 0 Å². The van der Waals surface area contributed by atoms with Crippen LogP contribution in [0.1, 0.15) is 16.7 Å². The largest absolute Gasteiger partial charge is 0.497 e. The highest BCUT2D eigenvalue weighted by Crippen LogP contribution is 2.29. The van der Waals surface area contributed by atoms with Crippen LogP contribution in [0.15, 0.2) is 72.8 Å². The van der Waals surface area contributed by atoms with E-state index in [9.17, 15) is 5.26 Å². The van der Waals surface area contributed by atoms with E-state index in [4.69, 9.17) is 26.0 Å². The summed E-state index contributed by atoms with van der Waals surface area (Å²) in [5, 5.41) is 17.8. The SMILES string of the molecule is COc1ccc(CC#N)cc1.II.[C-]#[N+]/C(=C(/C#N)c1ccc(OC)cc1)c1ccc(OC)cc1. The molecule has 8 heteroatoms. The molecule has 0 saturated heterocycles. The Labute approximate surface area is 229 Å². The number of nitrogens with zero attached hydrogens (tertiary/aromatic N) is 3. The summed E-state index contributed by atoms with van der Waals surface area (Å²) >= 11 is 4.24. The highest BCUT2D eigenvalue weighted by Gasteiger charge is 2.12. The zero-order chi connectivity index (χ0) is 26.1. The van der Waals surface area contributed by atoms with Crippen LogP contribution >= 0.6 is 37.2 Å². The third kappa shape index (κ3) is 9.48. The molecule has 3 rings (SSSR count). The highest BCUT2D eigenvalue weighted by molar-refractivity contribution is 15.0. The second-order valence-corrected chi connectivity index (χ2v) is 6.59. The van der Waals surface area contributed by atoms with E-state index < -0.39 is 0 Å². The molecule has 6 nitrogen and oxygen atoms in total. The highest BCUT2D eigenvalue weighted by atomic mass is 128. The maximum absolute atomic E-state index is 9.46. The molecule has 0 spiro atoms. The van der Waals surface area contributed by atoms with Crippen LogP contribution in [0.5, 0.6) is 17.2 Å². The first-order valence-electron chi connectivity index (χ1n) is 10.0. The smallest absolute Gasteiger partial charge is 0.212 e. The maximum atomic E-state index is 9.46. The lowest BCUT2D eigenvalue weighted by molar-refractivity contribution is 0.414. The molecule has 0 unspecified atom stereocenters. The average molecular weight is 691 g/mol. The molecule has 3 aromatic carbocycles. The summed E-state index contributed by atoms with van der Waals surface area (Å²) < 4.78 is 15.2. The zero-order valence-corrected chi connectivity index (χ0v) is 23.8. The maximum Gasteiger partial charge on any atom is 0.212 e. The molecule has 0 saturated carbocycles. The molecule has 0 radical (unpaired) electrons. The first kappa shape index (κ1) is 29.8. The van der Waals surface area contributed by atoms with E-state index in [0.717, 1.165) is 11.3 Å². The van der Waals surface area contributed by atoms with Crippen LogP contribution < -0.4 is 14.2 Å². The summed E-state index contributed by atoms with van der Waals surface area (Å²) in [5.74, 6) is 2.23. The molecule has 0 aliphatic carbocycles. The van der Waals surface area contributed by atoms with E-state index in [0.29, 0.717) is 40.3 Å². The Bertz CT molecular complexity index is 1140. The lowest BCUT2D eigenvalue weighted by atomic mass is 10.0. The number of methoxy groups -OCH3 is 3. The van der Waals surface area contributed by atoms with Crippen molar-refractivity contribution in [2.24, 2.45) is 0 Å². The van der Waals surface area contributed by atoms with E-state index in [1.54, 1.807) is 69.9 Å². The zero-order valence-electron chi connectivity index (χ0n) is 19.5. The van der Waals surface area contributed by atoms with Crippen LogP contribution in [-0.4, -0.2) is 21.3 Å². The monoisotopic (exact) mass is 691 g/mol. The van der Waals surface area contributed by atoms with Gasteiger partial charge in [-0.1, -0.05) is 36.4 Å². The summed E-state index contributed by atoms with van der Waals surface area (Å²) in [6, 6.07) is 25.8. The number of ether oxygens (including phenoxy) is 3. The summed E-state index contributed by atoms with van der Waals surface area (Å²) in [6.07, 6.45) is 0.462. The Morgan fingerprint density at radius 2 is 1.14 bits per heavy atom. The van der Waals surface area contributed by atoms with Crippen LogP contribution in [-0.2, 0) is 6.42 Å². The van der Waals surface area contributed by atoms with Crippen LogP contribution in [0.3, 0.4) is 0 Å². The number of allylic oxidation sites excluding steroid dienone is 1. The fourth-order valence-corrected chi connectivity index (χ4v) is 2.86. The molecular formula is C27H23I2N3O3. The molecule has 0 aliphatic heterocycles. The van der Waals surface area contributed by atoms with E-state index >= 15 is 0 Å². The number of benzene rings is 3. The predicted octanol–water partition coefficient (Wildman–Crippen LogP) is 7.55. The molecule has 35 heavy (non-hydrogen) atoms. The number of rotatable bonds is 6. The van der Waals surface area contributed by atoms with Gasteiger partial charge >= 0.3 is 0 Å². The van der Waals surface area contributed by atoms with Crippen LogP contribution in [0.25, 0.3) is 16.1 Å². The van der Waals surface area contributed by atoms with Crippen molar-refractivity contribution in [2.75, 3.05) is 21.3 Å². The van der Waals surface area contributed by atoms with Gasteiger partial charge in [-0.25, -0.2) is 4.85 Å². The molecular weight excluding hydrogens is 668 g/mol. The van der Waals surface area contributed by atoms with Gasteiger partial charge in [-0.05, 0) is 53.1 Å². The summed E-state index contributed by atoms with van der Waals surface area (Å²) in [5.41, 5.74) is 3.04. The van der Waals surface area contributed by atoms with Crippen LogP contribution in [0.4, 0.5) is 0 Å². The molecule has 0 fully saturated rings. The van der Waals surface area contributed by atoms with Crippen molar-refractivity contribution in [2.45, 2.75) is 6.42 Å². The second-order valence-electron chi connectivity index (χ2n) is 6.59. The van der Waals surface area contributed by atoms with Gasteiger partial charge < -0.3 is 14.2 Å². The van der Waals surface area contributed by atoms with E-state index in [2.05, 4.69) is 54.2 Å². The van der Waals surface area contributed by atoms with Crippen molar-refractivity contribution in [3.63, 3.8) is 0 Å². The van der Waals surface area contributed by atoms with Gasteiger partial charge in [-0.2, -0.15) is 10.5 Å².